The van der Waals surface area contributed by atoms with Crippen LogP contribution in [0, 0.1) is 0 Å². The molecule has 3 rings (SSSR count). The van der Waals surface area contributed by atoms with Crippen molar-refractivity contribution in [2.75, 3.05) is 38.7 Å². The molecule has 2 aliphatic rings. The maximum absolute atomic E-state index is 12.8. The molecule has 9 heteroatoms. The van der Waals surface area contributed by atoms with Crippen LogP contribution in [0.25, 0.3) is 0 Å². The summed E-state index contributed by atoms with van der Waals surface area (Å²) in [6, 6.07) is 4.48. The van der Waals surface area contributed by atoms with E-state index in [4.69, 9.17) is 9.47 Å². The van der Waals surface area contributed by atoms with Gasteiger partial charge in [0.1, 0.15) is 0 Å². The SMILES string of the molecule is CN(C)S(=O)(=O)c1ccc(N2CCCCC2)c(C(=O)O[C@H]2CCOC2=O)c1. The highest BCUT2D eigenvalue weighted by molar-refractivity contribution is 7.89. The number of carbonyl (C=O) groups excluding carboxylic acids is 2. The van der Waals surface area contributed by atoms with Gasteiger partial charge in [-0.15, -0.1) is 0 Å². The summed E-state index contributed by atoms with van der Waals surface area (Å²) in [6.07, 6.45) is 2.49. The summed E-state index contributed by atoms with van der Waals surface area (Å²) in [4.78, 5) is 26.5. The molecule has 0 aliphatic carbocycles. The van der Waals surface area contributed by atoms with Gasteiger partial charge < -0.3 is 14.4 Å². The van der Waals surface area contributed by atoms with Crippen molar-refractivity contribution in [2.45, 2.75) is 36.7 Å². The summed E-state index contributed by atoms with van der Waals surface area (Å²) < 4.78 is 36.2. The quantitative estimate of drug-likeness (QED) is 0.695. The lowest BCUT2D eigenvalue weighted by atomic mass is 10.1. The topological polar surface area (TPSA) is 93.2 Å². The smallest absolute Gasteiger partial charge is 0.347 e. The second kappa shape index (κ2) is 7.85. The van der Waals surface area contributed by atoms with E-state index >= 15 is 0 Å². The minimum absolute atomic E-state index is 0.00853. The molecule has 148 valence electrons. The lowest BCUT2D eigenvalue weighted by molar-refractivity contribution is -0.145. The first kappa shape index (κ1) is 19.6. The van der Waals surface area contributed by atoms with Crippen molar-refractivity contribution in [3.63, 3.8) is 0 Å². The highest BCUT2D eigenvalue weighted by Crippen LogP contribution is 2.29. The summed E-state index contributed by atoms with van der Waals surface area (Å²) >= 11 is 0. The van der Waals surface area contributed by atoms with Crippen molar-refractivity contribution in [1.29, 1.82) is 0 Å². The molecule has 0 saturated carbocycles. The van der Waals surface area contributed by atoms with Crippen molar-refractivity contribution < 1.29 is 27.5 Å². The van der Waals surface area contributed by atoms with E-state index in [1.165, 1.54) is 26.2 Å². The van der Waals surface area contributed by atoms with Gasteiger partial charge in [0.25, 0.3) is 0 Å². The number of carbonyl (C=O) groups is 2. The number of nitrogens with zero attached hydrogens (tertiary/aromatic N) is 2. The van der Waals surface area contributed by atoms with Gasteiger partial charge in [-0.05, 0) is 37.5 Å². The fourth-order valence-corrected chi connectivity index (χ4v) is 4.17. The molecule has 0 bridgehead atoms. The number of rotatable bonds is 5. The Morgan fingerprint density at radius 1 is 1.22 bits per heavy atom. The van der Waals surface area contributed by atoms with Crippen molar-refractivity contribution in [1.82, 2.24) is 4.31 Å². The first-order chi connectivity index (χ1) is 12.8. The molecule has 2 fully saturated rings. The molecule has 0 radical (unpaired) electrons. The number of cyclic esters (lactones) is 1. The van der Waals surface area contributed by atoms with Gasteiger partial charge in [-0.1, -0.05) is 0 Å². The zero-order valence-electron chi connectivity index (χ0n) is 15.5. The van der Waals surface area contributed by atoms with E-state index in [1.807, 2.05) is 0 Å². The first-order valence-corrected chi connectivity index (χ1v) is 10.4. The van der Waals surface area contributed by atoms with Gasteiger partial charge in [0.15, 0.2) is 0 Å². The predicted octanol–water partition coefficient (Wildman–Crippen LogP) is 1.40. The molecule has 0 amide bonds. The highest BCUT2D eigenvalue weighted by Gasteiger charge is 2.32. The van der Waals surface area contributed by atoms with Crippen LogP contribution in [0.4, 0.5) is 5.69 Å². The lowest BCUT2D eigenvalue weighted by Gasteiger charge is -2.30. The van der Waals surface area contributed by atoms with Crippen LogP contribution < -0.4 is 4.90 Å². The Kier molecular flexibility index (Phi) is 5.71. The largest absolute Gasteiger partial charge is 0.463 e. The summed E-state index contributed by atoms with van der Waals surface area (Å²) in [7, 11) is -0.841. The summed E-state index contributed by atoms with van der Waals surface area (Å²) in [6.45, 7) is 1.78. The molecule has 2 saturated heterocycles. The van der Waals surface area contributed by atoms with Gasteiger partial charge in [0, 0.05) is 33.6 Å². The van der Waals surface area contributed by atoms with Gasteiger partial charge in [-0.2, -0.15) is 0 Å². The number of hydrogen-bond acceptors (Lipinski definition) is 7. The van der Waals surface area contributed by atoms with E-state index in [2.05, 4.69) is 4.90 Å². The zero-order chi connectivity index (χ0) is 19.6. The Bertz CT molecular complexity index is 830. The molecule has 0 unspecified atom stereocenters. The van der Waals surface area contributed by atoms with Crippen molar-refractivity contribution in [2.24, 2.45) is 0 Å². The molecule has 1 aromatic carbocycles. The minimum atomic E-state index is -3.70. The minimum Gasteiger partial charge on any atom is -0.463 e. The normalized spacial score (nSPS) is 20.6. The summed E-state index contributed by atoms with van der Waals surface area (Å²) in [5.74, 6) is -1.28. The third-order valence-electron chi connectivity index (χ3n) is 4.80. The van der Waals surface area contributed by atoms with E-state index < -0.39 is 28.1 Å². The van der Waals surface area contributed by atoms with E-state index in [0.717, 1.165) is 36.7 Å². The number of esters is 2. The standard InChI is InChI=1S/C18H24N2O6S/c1-19(2)27(23,24)13-6-7-15(20-9-4-3-5-10-20)14(12-13)17(21)26-16-8-11-25-18(16)22/h6-7,12,16H,3-5,8-11H2,1-2H3/t16-/m0/s1. The molecule has 0 aromatic heterocycles. The van der Waals surface area contributed by atoms with Crippen molar-refractivity contribution in [3.05, 3.63) is 23.8 Å². The van der Waals surface area contributed by atoms with Crippen LogP contribution in [0.1, 0.15) is 36.0 Å². The molecular weight excluding hydrogens is 372 g/mol. The third-order valence-corrected chi connectivity index (χ3v) is 6.61. The number of benzene rings is 1. The Balaban J connectivity index is 1.98. The second-order valence-electron chi connectivity index (χ2n) is 6.86. The third kappa shape index (κ3) is 4.08. The molecule has 0 spiro atoms. The fraction of sp³-hybridized carbons (Fsp3) is 0.556. The maximum Gasteiger partial charge on any atom is 0.347 e. The number of sulfonamides is 1. The maximum atomic E-state index is 12.8. The Hall–Kier alpha value is -2.13. The Morgan fingerprint density at radius 2 is 1.93 bits per heavy atom. The van der Waals surface area contributed by atoms with E-state index in [-0.39, 0.29) is 17.1 Å². The first-order valence-electron chi connectivity index (χ1n) is 9.00. The van der Waals surface area contributed by atoms with Gasteiger partial charge in [-0.3, -0.25) is 0 Å². The molecule has 2 aliphatic heterocycles. The molecule has 27 heavy (non-hydrogen) atoms. The predicted molar refractivity (Wildman–Crippen MR) is 98.2 cm³/mol. The van der Waals surface area contributed by atoms with Gasteiger partial charge in [0.2, 0.25) is 16.1 Å². The van der Waals surface area contributed by atoms with Crippen LogP contribution >= 0.6 is 0 Å². The van der Waals surface area contributed by atoms with Crippen LogP contribution in [0.3, 0.4) is 0 Å². The van der Waals surface area contributed by atoms with Crippen molar-refractivity contribution in [3.8, 4) is 0 Å². The van der Waals surface area contributed by atoms with Gasteiger partial charge in [0.05, 0.1) is 22.8 Å². The summed E-state index contributed by atoms with van der Waals surface area (Å²) in [5.41, 5.74) is 0.781. The highest BCUT2D eigenvalue weighted by atomic mass is 32.2. The molecule has 0 N–H and O–H groups in total. The molecular formula is C18H24N2O6S. The summed E-state index contributed by atoms with van der Waals surface area (Å²) in [5, 5.41) is 0. The number of hydrogen-bond donors (Lipinski definition) is 0. The van der Waals surface area contributed by atoms with E-state index in [0.29, 0.717) is 12.1 Å². The van der Waals surface area contributed by atoms with Gasteiger partial charge >= 0.3 is 11.9 Å². The number of ether oxygens (including phenoxy) is 2. The molecule has 1 aromatic rings. The van der Waals surface area contributed by atoms with Gasteiger partial charge in [-0.25, -0.2) is 22.3 Å². The van der Waals surface area contributed by atoms with Crippen LogP contribution in [0.2, 0.25) is 0 Å². The molecule has 1 atom stereocenters. The van der Waals surface area contributed by atoms with Crippen LogP contribution in [-0.2, 0) is 24.3 Å². The lowest BCUT2D eigenvalue weighted by Crippen LogP contribution is -2.32. The molecule has 2 heterocycles. The second-order valence-corrected chi connectivity index (χ2v) is 9.02. The Morgan fingerprint density at radius 3 is 2.52 bits per heavy atom. The van der Waals surface area contributed by atoms with Crippen LogP contribution in [-0.4, -0.2) is 64.6 Å². The average molecular weight is 396 g/mol. The fourth-order valence-electron chi connectivity index (χ4n) is 3.24. The van der Waals surface area contributed by atoms with Crippen molar-refractivity contribution >= 4 is 27.6 Å². The van der Waals surface area contributed by atoms with Crippen LogP contribution in [0.5, 0.6) is 0 Å². The number of piperidine rings is 1. The Labute approximate surface area is 159 Å². The number of anilines is 1. The van der Waals surface area contributed by atoms with E-state index in [1.54, 1.807) is 6.07 Å². The van der Waals surface area contributed by atoms with E-state index in [9.17, 15) is 18.0 Å². The van der Waals surface area contributed by atoms with Crippen LogP contribution in [0.15, 0.2) is 23.1 Å². The zero-order valence-corrected chi connectivity index (χ0v) is 16.3. The molecule has 8 nitrogen and oxygen atoms in total. The monoisotopic (exact) mass is 396 g/mol. The average Bonchev–Trinajstić information content (AvgIpc) is 3.06.